The van der Waals surface area contributed by atoms with E-state index in [1.54, 1.807) is 16.4 Å². The van der Waals surface area contributed by atoms with Gasteiger partial charge in [-0.2, -0.15) is 4.98 Å². The molecule has 6 nitrogen and oxygen atoms in total. The van der Waals surface area contributed by atoms with Gasteiger partial charge in [-0.15, -0.1) is 5.10 Å². The smallest absolute Gasteiger partial charge is 0.338 e. The Hall–Kier alpha value is -3.06. The van der Waals surface area contributed by atoms with Crippen LogP contribution in [0.4, 0.5) is 5.95 Å². The van der Waals surface area contributed by atoms with Crippen molar-refractivity contribution in [2.45, 2.75) is 51.6 Å². The normalized spacial score (nSPS) is 15.3. The number of benzene rings is 2. The molecule has 3 aromatic rings. The molecule has 0 spiro atoms. The summed E-state index contributed by atoms with van der Waals surface area (Å²) in [7, 11) is 0. The number of carbonyl (C=O) groups is 1. The van der Waals surface area contributed by atoms with Crippen LogP contribution in [0.1, 0.15) is 47.7 Å². The zero-order valence-corrected chi connectivity index (χ0v) is 19.9. The van der Waals surface area contributed by atoms with Gasteiger partial charge in [-0.05, 0) is 51.3 Å². The van der Waals surface area contributed by atoms with E-state index in [1.165, 1.54) is 16.7 Å². The fraction of sp³-hybridized carbons (Fsp3) is 0.320. The van der Waals surface area contributed by atoms with Crippen LogP contribution in [-0.2, 0) is 15.3 Å². The summed E-state index contributed by atoms with van der Waals surface area (Å²) in [4.78, 5) is 17.6. The monoisotopic (exact) mass is 448 g/mol. The van der Waals surface area contributed by atoms with Crippen LogP contribution in [0, 0.1) is 20.8 Å². The maximum absolute atomic E-state index is 12.9. The summed E-state index contributed by atoms with van der Waals surface area (Å²) in [5.41, 5.74) is 7.18. The second-order valence-electron chi connectivity index (χ2n) is 8.08. The molecule has 1 aliphatic rings. The van der Waals surface area contributed by atoms with Crippen LogP contribution in [0.2, 0.25) is 0 Å². The molecular weight excluding hydrogens is 420 g/mol. The van der Waals surface area contributed by atoms with E-state index in [4.69, 9.17) is 14.8 Å². The van der Waals surface area contributed by atoms with Gasteiger partial charge in [0.15, 0.2) is 0 Å². The van der Waals surface area contributed by atoms with E-state index >= 15 is 0 Å². The van der Waals surface area contributed by atoms with Crippen LogP contribution < -0.4 is 5.32 Å². The lowest BCUT2D eigenvalue weighted by molar-refractivity contribution is -0.139. The summed E-state index contributed by atoms with van der Waals surface area (Å²) >= 11 is 1.59. The number of nitrogens with zero attached hydrogens (tertiary/aromatic N) is 3. The first-order valence-electron chi connectivity index (χ1n) is 10.7. The number of carbonyl (C=O) groups excluding carboxylic acids is 1. The predicted octanol–water partition coefficient (Wildman–Crippen LogP) is 5.35. The van der Waals surface area contributed by atoms with E-state index in [0.29, 0.717) is 23.3 Å². The standard InChI is InChI=1S/C25H28N4O2S/c1-6-31-23(30)21-18(5)26-24-27-25(32-14-20-13-16(3)7-10-17(20)4)28-29(24)22(21)19-11-8-15(2)9-12-19/h7-13,22H,6,14H2,1-5H3,(H,26,27,28). The molecular formula is C25H28N4O2S. The number of thioether (sulfide) groups is 1. The van der Waals surface area contributed by atoms with Gasteiger partial charge >= 0.3 is 5.97 Å². The van der Waals surface area contributed by atoms with E-state index in [1.807, 2.05) is 45.0 Å². The second kappa shape index (κ2) is 9.20. The van der Waals surface area contributed by atoms with Crippen molar-refractivity contribution >= 4 is 23.7 Å². The number of hydrogen-bond donors (Lipinski definition) is 1. The maximum Gasteiger partial charge on any atom is 0.338 e. The predicted molar refractivity (Wildman–Crippen MR) is 128 cm³/mol. The Labute approximate surface area is 193 Å². The number of anilines is 1. The molecule has 1 atom stereocenters. The molecule has 32 heavy (non-hydrogen) atoms. The first kappa shape index (κ1) is 22.1. The lowest BCUT2D eigenvalue weighted by atomic mass is 9.95. The number of allylic oxidation sites excluding steroid dienone is 1. The molecule has 0 fully saturated rings. The molecule has 0 aliphatic carbocycles. The zero-order chi connectivity index (χ0) is 22.8. The van der Waals surface area contributed by atoms with Gasteiger partial charge in [-0.1, -0.05) is 65.4 Å². The highest BCUT2D eigenvalue weighted by Gasteiger charge is 2.35. The molecule has 7 heteroatoms. The first-order chi connectivity index (χ1) is 15.4. The molecule has 2 aromatic carbocycles. The number of aryl methyl sites for hydroxylation is 3. The molecule has 166 valence electrons. The van der Waals surface area contributed by atoms with Crippen molar-refractivity contribution in [3.8, 4) is 0 Å². The Kier molecular flexibility index (Phi) is 6.37. The van der Waals surface area contributed by atoms with Gasteiger partial charge in [0.05, 0.1) is 12.2 Å². The molecule has 1 aromatic heterocycles. The van der Waals surface area contributed by atoms with Crippen LogP contribution in [0.3, 0.4) is 0 Å². The highest BCUT2D eigenvalue weighted by molar-refractivity contribution is 7.98. The van der Waals surface area contributed by atoms with E-state index in [9.17, 15) is 4.79 Å². The highest BCUT2D eigenvalue weighted by atomic mass is 32.2. The molecule has 1 N–H and O–H groups in total. The number of aromatic nitrogens is 3. The molecule has 1 aliphatic heterocycles. The van der Waals surface area contributed by atoms with Crippen molar-refractivity contribution in [2.24, 2.45) is 0 Å². The quantitative estimate of drug-likeness (QED) is 0.405. The Balaban J connectivity index is 1.69. The molecule has 0 bridgehead atoms. The lowest BCUT2D eigenvalue weighted by Gasteiger charge is -2.28. The number of ether oxygens (including phenoxy) is 1. The van der Waals surface area contributed by atoms with Gasteiger partial charge in [0.2, 0.25) is 11.1 Å². The summed E-state index contributed by atoms with van der Waals surface area (Å²) in [5.74, 6) is 1.07. The molecule has 0 saturated carbocycles. The SMILES string of the molecule is CCOC(=O)C1=C(C)Nc2nc(SCc3cc(C)ccc3C)nn2C1c1ccc(C)cc1. The Morgan fingerprint density at radius 1 is 1.09 bits per heavy atom. The van der Waals surface area contributed by atoms with Crippen LogP contribution >= 0.6 is 11.8 Å². The Morgan fingerprint density at radius 2 is 1.81 bits per heavy atom. The third-order valence-electron chi connectivity index (χ3n) is 5.58. The Morgan fingerprint density at radius 3 is 2.53 bits per heavy atom. The average Bonchev–Trinajstić information content (AvgIpc) is 3.16. The number of rotatable bonds is 6. The third-order valence-corrected chi connectivity index (χ3v) is 6.47. The van der Waals surface area contributed by atoms with Crippen LogP contribution in [-0.4, -0.2) is 27.3 Å². The Bertz CT molecular complexity index is 1180. The third kappa shape index (κ3) is 4.43. The fourth-order valence-corrected chi connectivity index (χ4v) is 4.71. The molecule has 4 rings (SSSR count). The number of hydrogen-bond acceptors (Lipinski definition) is 6. The average molecular weight is 449 g/mol. The number of esters is 1. The van der Waals surface area contributed by atoms with Crippen LogP contribution in [0.15, 0.2) is 58.9 Å². The second-order valence-corrected chi connectivity index (χ2v) is 9.02. The van der Waals surface area contributed by atoms with Crippen molar-refractivity contribution in [3.63, 3.8) is 0 Å². The summed E-state index contributed by atoms with van der Waals surface area (Å²) in [5, 5.41) is 8.71. The highest BCUT2D eigenvalue weighted by Crippen LogP contribution is 2.37. The van der Waals surface area contributed by atoms with Crippen molar-refractivity contribution in [1.29, 1.82) is 0 Å². The molecule has 0 radical (unpaired) electrons. The lowest BCUT2D eigenvalue weighted by Crippen LogP contribution is -2.29. The van der Waals surface area contributed by atoms with E-state index < -0.39 is 6.04 Å². The fourth-order valence-electron chi connectivity index (χ4n) is 3.82. The van der Waals surface area contributed by atoms with Gasteiger partial charge in [-0.25, -0.2) is 9.48 Å². The largest absolute Gasteiger partial charge is 0.463 e. The minimum absolute atomic E-state index is 0.317. The number of nitrogens with one attached hydrogen (secondary N) is 1. The van der Waals surface area contributed by atoms with Gasteiger partial charge in [0.1, 0.15) is 6.04 Å². The van der Waals surface area contributed by atoms with Gasteiger partial charge < -0.3 is 10.1 Å². The van der Waals surface area contributed by atoms with E-state index in [-0.39, 0.29) is 5.97 Å². The summed E-state index contributed by atoms with van der Waals surface area (Å²) < 4.78 is 7.18. The topological polar surface area (TPSA) is 69.0 Å². The molecule has 1 unspecified atom stereocenters. The van der Waals surface area contributed by atoms with Crippen molar-refractivity contribution in [3.05, 3.63) is 81.6 Å². The minimum atomic E-state index is -0.395. The van der Waals surface area contributed by atoms with E-state index in [2.05, 4.69) is 37.4 Å². The van der Waals surface area contributed by atoms with Crippen LogP contribution in [0.25, 0.3) is 0 Å². The van der Waals surface area contributed by atoms with Crippen molar-refractivity contribution in [1.82, 2.24) is 14.8 Å². The summed E-state index contributed by atoms with van der Waals surface area (Å²) in [6.45, 7) is 10.3. The summed E-state index contributed by atoms with van der Waals surface area (Å²) in [6.07, 6.45) is 0. The molecule has 0 saturated heterocycles. The van der Waals surface area contributed by atoms with Gasteiger partial charge in [0, 0.05) is 11.4 Å². The number of fused-ring (bicyclic) bond motifs is 1. The van der Waals surface area contributed by atoms with Crippen LogP contribution in [0.5, 0.6) is 0 Å². The van der Waals surface area contributed by atoms with E-state index in [0.717, 1.165) is 22.6 Å². The zero-order valence-electron chi connectivity index (χ0n) is 19.1. The molecule has 2 heterocycles. The summed E-state index contributed by atoms with van der Waals surface area (Å²) in [6, 6.07) is 14.2. The van der Waals surface area contributed by atoms with Crippen molar-refractivity contribution in [2.75, 3.05) is 11.9 Å². The van der Waals surface area contributed by atoms with Gasteiger partial charge in [-0.3, -0.25) is 0 Å². The van der Waals surface area contributed by atoms with Crippen molar-refractivity contribution < 1.29 is 9.53 Å². The van der Waals surface area contributed by atoms with Gasteiger partial charge in [0.25, 0.3) is 0 Å². The minimum Gasteiger partial charge on any atom is -0.463 e. The molecule has 0 amide bonds. The first-order valence-corrected chi connectivity index (χ1v) is 11.7. The maximum atomic E-state index is 12.9.